The first-order valence-corrected chi connectivity index (χ1v) is 12.7. The van der Waals surface area contributed by atoms with Gasteiger partial charge in [0.1, 0.15) is 11.6 Å². The van der Waals surface area contributed by atoms with Crippen LogP contribution in [0.3, 0.4) is 0 Å². The van der Waals surface area contributed by atoms with Gasteiger partial charge in [0.2, 0.25) is 0 Å². The van der Waals surface area contributed by atoms with Crippen LogP contribution in [0.1, 0.15) is 30.3 Å². The Balaban J connectivity index is 1.40. The highest BCUT2D eigenvalue weighted by atomic mass is 15.1. The molecule has 0 N–H and O–H groups in total. The third-order valence-electron chi connectivity index (χ3n) is 7.10. The van der Waals surface area contributed by atoms with E-state index in [0.29, 0.717) is 0 Å². The highest BCUT2D eigenvalue weighted by Gasteiger charge is 2.15. The van der Waals surface area contributed by atoms with Crippen LogP contribution in [0.25, 0.3) is 44.6 Å². The second kappa shape index (κ2) is 9.12. The van der Waals surface area contributed by atoms with E-state index in [1.165, 1.54) is 22.3 Å². The van der Waals surface area contributed by atoms with Crippen LogP contribution in [0.5, 0.6) is 0 Å². The molecule has 0 radical (unpaired) electrons. The molecule has 2 aromatic heterocycles. The smallest absolute Gasteiger partial charge is 0.140 e. The standard InChI is InChI=1S/C32H30N4/c1-4-9-31-33-28-19-18-25(32-34-27-12-7-8-13-29(27)35(32)3)20-30(28)36(31)21-23-14-16-24(17-15-23)26-11-6-5-10-22(26)2/h5-8,10-20H,4,9,21H2,1-3H3. The van der Waals surface area contributed by atoms with Gasteiger partial charge >= 0.3 is 0 Å². The molecule has 2 heterocycles. The molecular weight excluding hydrogens is 440 g/mol. The molecule has 4 heteroatoms. The van der Waals surface area contributed by atoms with Gasteiger partial charge in [-0.25, -0.2) is 9.97 Å². The number of benzene rings is 4. The maximum Gasteiger partial charge on any atom is 0.140 e. The summed E-state index contributed by atoms with van der Waals surface area (Å²) in [5, 5.41) is 0. The molecule has 0 saturated heterocycles. The van der Waals surface area contributed by atoms with Crippen molar-refractivity contribution < 1.29 is 0 Å². The topological polar surface area (TPSA) is 35.6 Å². The molecule has 0 aliphatic carbocycles. The van der Waals surface area contributed by atoms with Crippen molar-refractivity contribution in [3.05, 3.63) is 108 Å². The third-order valence-corrected chi connectivity index (χ3v) is 7.10. The number of rotatable bonds is 6. The van der Waals surface area contributed by atoms with Gasteiger partial charge in [-0.2, -0.15) is 0 Å². The lowest BCUT2D eigenvalue weighted by Gasteiger charge is -2.11. The Kier molecular flexibility index (Phi) is 5.65. The summed E-state index contributed by atoms with van der Waals surface area (Å²) in [4.78, 5) is 9.94. The quantitative estimate of drug-likeness (QED) is 0.252. The highest BCUT2D eigenvalue weighted by Crippen LogP contribution is 2.29. The second-order valence-electron chi connectivity index (χ2n) is 9.56. The number of hydrogen-bond donors (Lipinski definition) is 0. The molecule has 0 bridgehead atoms. The molecular formula is C32H30N4. The average molecular weight is 471 g/mol. The van der Waals surface area contributed by atoms with Crippen LogP contribution in [0, 0.1) is 6.92 Å². The number of nitrogens with zero attached hydrogens (tertiary/aromatic N) is 4. The van der Waals surface area contributed by atoms with Crippen molar-refractivity contribution >= 4 is 22.1 Å². The molecule has 4 aromatic carbocycles. The molecule has 178 valence electrons. The van der Waals surface area contributed by atoms with Crippen molar-refractivity contribution in [2.24, 2.45) is 7.05 Å². The number of para-hydroxylation sites is 2. The van der Waals surface area contributed by atoms with Crippen LogP contribution in [-0.4, -0.2) is 19.1 Å². The van der Waals surface area contributed by atoms with Gasteiger partial charge in [0, 0.05) is 25.6 Å². The fourth-order valence-electron chi connectivity index (χ4n) is 5.18. The molecule has 0 aliphatic heterocycles. The zero-order valence-corrected chi connectivity index (χ0v) is 21.1. The van der Waals surface area contributed by atoms with Gasteiger partial charge in [0.15, 0.2) is 0 Å². The Hall–Kier alpha value is -4.18. The zero-order chi connectivity index (χ0) is 24.6. The molecule has 0 unspecified atom stereocenters. The van der Waals surface area contributed by atoms with Gasteiger partial charge in [-0.05, 0) is 65.9 Å². The zero-order valence-electron chi connectivity index (χ0n) is 21.1. The van der Waals surface area contributed by atoms with Crippen LogP contribution < -0.4 is 0 Å². The minimum atomic E-state index is 0.797. The summed E-state index contributed by atoms with van der Waals surface area (Å²) in [6.07, 6.45) is 2.02. The normalized spacial score (nSPS) is 11.5. The number of aryl methyl sites for hydroxylation is 3. The van der Waals surface area contributed by atoms with Crippen LogP contribution >= 0.6 is 0 Å². The Morgan fingerprint density at radius 3 is 2.22 bits per heavy atom. The molecule has 0 amide bonds. The lowest BCUT2D eigenvalue weighted by molar-refractivity contribution is 0.722. The maximum absolute atomic E-state index is 5.01. The van der Waals surface area contributed by atoms with E-state index in [4.69, 9.17) is 9.97 Å². The molecule has 6 aromatic rings. The summed E-state index contributed by atoms with van der Waals surface area (Å²) < 4.78 is 4.56. The predicted molar refractivity (Wildman–Crippen MR) is 149 cm³/mol. The van der Waals surface area contributed by atoms with Crippen molar-refractivity contribution in [3.8, 4) is 22.5 Å². The highest BCUT2D eigenvalue weighted by molar-refractivity contribution is 5.85. The van der Waals surface area contributed by atoms with Gasteiger partial charge < -0.3 is 9.13 Å². The second-order valence-corrected chi connectivity index (χ2v) is 9.56. The van der Waals surface area contributed by atoms with Gasteiger partial charge in [-0.15, -0.1) is 0 Å². The van der Waals surface area contributed by atoms with E-state index < -0.39 is 0 Å². The monoisotopic (exact) mass is 470 g/mol. The first-order valence-electron chi connectivity index (χ1n) is 12.7. The van der Waals surface area contributed by atoms with Crippen LogP contribution in [0.2, 0.25) is 0 Å². The lowest BCUT2D eigenvalue weighted by atomic mass is 9.99. The fraction of sp³-hybridized carbons (Fsp3) is 0.188. The molecule has 0 saturated carbocycles. The van der Waals surface area contributed by atoms with E-state index in [0.717, 1.165) is 58.7 Å². The molecule has 4 nitrogen and oxygen atoms in total. The van der Waals surface area contributed by atoms with E-state index >= 15 is 0 Å². The van der Waals surface area contributed by atoms with E-state index in [1.54, 1.807) is 0 Å². The van der Waals surface area contributed by atoms with Crippen molar-refractivity contribution in [1.29, 1.82) is 0 Å². The Morgan fingerprint density at radius 2 is 1.44 bits per heavy atom. The summed E-state index contributed by atoms with van der Waals surface area (Å²) in [5.41, 5.74) is 10.6. The van der Waals surface area contributed by atoms with E-state index in [9.17, 15) is 0 Å². The lowest BCUT2D eigenvalue weighted by Crippen LogP contribution is -2.05. The third kappa shape index (κ3) is 3.89. The number of hydrogen-bond acceptors (Lipinski definition) is 2. The summed E-state index contributed by atoms with van der Waals surface area (Å²) in [6, 6.07) is 32.4. The maximum atomic E-state index is 5.01. The molecule has 6 rings (SSSR count). The minimum Gasteiger partial charge on any atom is -0.327 e. The summed E-state index contributed by atoms with van der Waals surface area (Å²) >= 11 is 0. The number of aromatic nitrogens is 4. The van der Waals surface area contributed by atoms with E-state index in [1.807, 2.05) is 6.07 Å². The predicted octanol–water partition coefficient (Wildman–Crippen LogP) is 7.57. The van der Waals surface area contributed by atoms with Crippen LogP contribution in [-0.2, 0) is 20.0 Å². The Labute approximate surface area is 211 Å². The number of fused-ring (bicyclic) bond motifs is 2. The fourth-order valence-corrected chi connectivity index (χ4v) is 5.18. The first-order chi connectivity index (χ1) is 17.6. The molecule has 36 heavy (non-hydrogen) atoms. The van der Waals surface area contributed by atoms with Crippen LogP contribution in [0.15, 0.2) is 91.0 Å². The summed E-state index contributed by atoms with van der Waals surface area (Å²) in [7, 11) is 2.09. The summed E-state index contributed by atoms with van der Waals surface area (Å²) in [6.45, 7) is 5.18. The van der Waals surface area contributed by atoms with E-state index in [2.05, 4.69) is 115 Å². The van der Waals surface area contributed by atoms with Gasteiger partial charge in [0.05, 0.1) is 22.1 Å². The van der Waals surface area contributed by atoms with Gasteiger partial charge in [-0.1, -0.05) is 67.6 Å². The number of imidazole rings is 2. The van der Waals surface area contributed by atoms with Crippen molar-refractivity contribution in [2.75, 3.05) is 0 Å². The average Bonchev–Trinajstić information content (AvgIpc) is 3.42. The Bertz CT molecular complexity index is 1690. The minimum absolute atomic E-state index is 0.797. The largest absolute Gasteiger partial charge is 0.327 e. The van der Waals surface area contributed by atoms with Crippen molar-refractivity contribution in [2.45, 2.75) is 33.2 Å². The van der Waals surface area contributed by atoms with Crippen molar-refractivity contribution in [1.82, 2.24) is 19.1 Å². The SMILES string of the molecule is CCCc1nc2ccc(-c3nc4ccccc4n3C)cc2n1Cc1ccc(-c2ccccc2C)cc1. The first kappa shape index (κ1) is 22.3. The van der Waals surface area contributed by atoms with Gasteiger partial charge in [-0.3, -0.25) is 0 Å². The molecule has 0 atom stereocenters. The molecule has 0 aliphatic rings. The van der Waals surface area contributed by atoms with Crippen molar-refractivity contribution in [3.63, 3.8) is 0 Å². The Morgan fingerprint density at radius 1 is 0.722 bits per heavy atom. The van der Waals surface area contributed by atoms with Gasteiger partial charge in [0.25, 0.3) is 0 Å². The molecule has 0 spiro atoms. The van der Waals surface area contributed by atoms with Crippen LogP contribution in [0.4, 0.5) is 0 Å². The summed E-state index contributed by atoms with van der Waals surface area (Å²) in [5.74, 6) is 2.11. The van der Waals surface area contributed by atoms with E-state index in [-0.39, 0.29) is 0 Å². The molecule has 0 fully saturated rings.